The summed E-state index contributed by atoms with van der Waals surface area (Å²) in [6.45, 7) is 3.20. The maximum Gasteiger partial charge on any atom is 0.340 e. The molecule has 1 aromatic heterocycles. The van der Waals surface area contributed by atoms with Crippen molar-refractivity contribution in [3.05, 3.63) is 41.1 Å². The molecule has 1 saturated heterocycles. The Morgan fingerprint density at radius 3 is 2.52 bits per heavy atom. The van der Waals surface area contributed by atoms with E-state index in [4.69, 9.17) is 4.74 Å². The molecule has 8 heteroatoms. The summed E-state index contributed by atoms with van der Waals surface area (Å²) in [6, 6.07) is 7.30. The molecule has 1 amide bonds. The highest BCUT2D eigenvalue weighted by atomic mass is 32.2. The maximum atomic E-state index is 12.8. The first-order chi connectivity index (χ1) is 13.8. The molecule has 1 aromatic carbocycles. The summed E-state index contributed by atoms with van der Waals surface area (Å²) in [5.41, 5.74) is 2.50. The predicted octanol–water partition coefficient (Wildman–Crippen LogP) is 2.19. The standard InChI is InChI=1S/C21H24N2O5S/c1-13-17-5-3-4-6-18(17)22-14(2)20(13)21(25)28-11-19(24)23(15-7-8-15)16-9-10-29(26,27)12-16/h3-6,15-16H,7-12H2,1-2H3/t16-/m1/s1. The molecule has 0 unspecified atom stereocenters. The average molecular weight is 416 g/mol. The number of rotatable bonds is 5. The number of benzene rings is 1. The maximum absolute atomic E-state index is 12.8. The van der Waals surface area contributed by atoms with Crippen LogP contribution in [0.25, 0.3) is 10.9 Å². The lowest BCUT2D eigenvalue weighted by Crippen LogP contribution is -2.44. The molecule has 154 valence electrons. The Labute approximate surface area is 170 Å². The van der Waals surface area contributed by atoms with E-state index >= 15 is 0 Å². The third-order valence-corrected chi connectivity index (χ3v) is 7.44. The van der Waals surface area contributed by atoms with Crippen LogP contribution in [0.2, 0.25) is 0 Å². The molecule has 4 rings (SSSR count). The highest BCUT2D eigenvalue weighted by Gasteiger charge is 2.42. The molecule has 2 aliphatic rings. The number of aromatic nitrogens is 1. The molecule has 0 spiro atoms. The largest absolute Gasteiger partial charge is 0.452 e. The van der Waals surface area contributed by atoms with E-state index in [1.165, 1.54) is 0 Å². The van der Waals surface area contributed by atoms with E-state index in [-0.39, 0.29) is 29.5 Å². The number of carbonyl (C=O) groups excluding carboxylic acids is 2. The molecule has 7 nitrogen and oxygen atoms in total. The summed E-state index contributed by atoms with van der Waals surface area (Å²) in [5, 5.41) is 0.868. The number of fused-ring (bicyclic) bond motifs is 1. The Hall–Kier alpha value is -2.48. The van der Waals surface area contributed by atoms with Gasteiger partial charge < -0.3 is 9.64 Å². The molecular formula is C21H24N2O5S. The first-order valence-electron chi connectivity index (χ1n) is 9.81. The molecule has 1 aliphatic carbocycles. The highest BCUT2D eigenvalue weighted by molar-refractivity contribution is 7.91. The highest BCUT2D eigenvalue weighted by Crippen LogP contribution is 2.32. The van der Waals surface area contributed by atoms with Crippen molar-refractivity contribution >= 4 is 32.6 Å². The van der Waals surface area contributed by atoms with Crippen LogP contribution in [0.4, 0.5) is 0 Å². The first-order valence-corrected chi connectivity index (χ1v) is 11.6. The summed E-state index contributed by atoms with van der Waals surface area (Å²) >= 11 is 0. The van der Waals surface area contributed by atoms with Gasteiger partial charge in [0.2, 0.25) is 0 Å². The van der Waals surface area contributed by atoms with Crippen molar-refractivity contribution in [2.24, 2.45) is 0 Å². The SMILES string of the molecule is Cc1nc2ccccc2c(C)c1C(=O)OCC(=O)N(C1CC1)[C@@H]1CCS(=O)(=O)C1. The number of para-hydroxylation sites is 1. The summed E-state index contributed by atoms with van der Waals surface area (Å²) in [6.07, 6.45) is 2.18. The van der Waals surface area contributed by atoms with Gasteiger partial charge in [-0.15, -0.1) is 0 Å². The van der Waals surface area contributed by atoms with Gasteiger partial charge in [-0.25, -0.2) is 13.2 Å². The van der Waals surface area contributed by atoms with Crippen molar-refractivity contribution in [1.82, 2.24) is 9.88 Å². The number of nitrogens with zero attached hydrogens (tertiary/aromatic N) is 2. The third-order valence-electron chi connectivity index (χ3n) is 5.69. The Morgan fingerprint density at radius 1 is 1.14 bits per heavy atom. The number of aryl methyl sites for hydroxylation is 2. The molecule has 29 heavy (non-hydrogen) atoms. The van der Waals surface area contributed by atoms with E-state index in [1.807, 2.05) is 31.2 Å². The van der Waals surface area contributed by atoms with E-state index in [9.17, 15) is 18.0 Å². The fraction of sp³-hybridized carbons (Fsp3) is 0.476. The van der Waals surface area contributed by atoms with Crippen LogP contribution in [0, 0.1) is 13.8 Å². The second kappa shape index (κ2) is 7.40. The molecular weight excluding hydrogens is 392 g/mol. The second-order valence-corrected chi connectivity index (χ2v) is 10.1. The summed E-state index contributed by atoms with van der Waals surface area (Å²) in [7, 11) is -3.10. The van der Waals surface area contributed by atoms with Gasteiger partial charge in [0.1, 0.15) is 0 Å². The minimum Gasteiger partial charge on any atom is -0.452 e. The van der Waals surface area contributed by atoms with Crippen molar-refractivity contribution in [2.45, 2.75) is 45.2 Å². The van der Waals surface area contributed by atoms with Crippen molar-refractivity contribution in [2.75, 3.05) is 18.1 Å². The topological polar surface area (TPSA) is 93.6 Å². The Kier molecular flexibility index (Phi) is 5.06. The van der Waals surface area contributed by atoms with Gasteiger partial charge in [0.15, 0.2) is 16.4 Å². The van der Waals surface area contributed by atoms with Gasteiger partial charge >= 0.3 is 5.97 Å². The quantitative estimate of drug-likeness (QED) is 0.694. The second-order valence-electron chi connectivity index (χ2n) is 7.88. The van der Waals surface area contributed by atoms with E-state index in [2.05, 4.69) is 4.98 Å². The van der Waals surface area contributed by atoms with Crippen LogP contribution < -0.4 is 0 Å². The normalized spacial score (nSPS) is 20.6. The smallest absolute Gasteiger partial charge is 0.340 e. The van der Waals surface area contributed by atoms with E-state index in [1.54, 1.807) is 11.8 Å². The molecule has 2 heterocycles. The van der Waals surface area contributed by atoms with Crippen molar-refractivity contribution in [3.8, 4) is 0 Å². The van der Waals surface area contributed by atoms with Crippen LogP contribution in [-0.2, 0) is 19.4 Å². The van der Waals surface area contributed by atoms with Crippen molar-refractivity contribution in [3.63, 3.8) is 0 Å². The first kappa shape index (κ1) is 19.8. The van der Waals surface area contributed by atoms with Gasteiger partial charge in [-0.3, -0.25) is 9.78 Å². The van der Waals surface area contributed by atoms with Crippen LogP contribution in [-0.4, -0.2) is 60.4 Å². The Morgan fingerprint density at radius 2 is 1.86 bits per heavy atom. The van der Waals surface area contributed by atoms with Gasteiger partial charge in [0.05, 0.1) is 28.3 Å². The number of hydrogen-bond donors (Lipinski definition) is 0. The number of amides is 1. The Bertz CT molecular complexity index is 1090. The van der Waals surface area contributed by atoms with Crippen LogP contribution in [0.15, 0.2) is 24.3 Å². The molecule has 0 N–H and O–H groups in total. The molecule has 0 radical (unpaired) electrons. The molecule has 0 bridgehead atoms. The van der Waals surface area contributed by atoms with Crippen LogP contribution in [0.3, 0.4) is 0 Å². The summed E-state index contributed by atoms with van der Waals surface area (Å²) in [4.78, 5) is 31.6. The van der Waals surface area contributed by atoms with Crippen molar-refractivity contribution < 1.29 is 22.7 Å². The number of ether oxygens (including phenoxy) is 1. The number of esters is 1. The molecule has 1 atom stereocenters. The zero-order valence-electron chi connectivity index (χ0n) is 16.6. The van der Waals surface area contributed by atoms with Gasteiger partial charge in [-0.1, -0.05) is 18.2 Å². The molecule has 2 aromatic rings. The van der Waals surface area contributed by atoms with Gasteiger partial charge in [0.25, 0.3) is 5.91 Å². The van der Waals surface area contributed by atoms with Gasteiger partial charge in [0, 0.05) is 17.5 Å². The fourth-order valence-corrected chi connectivity index (χ4v) is 5.87. The van der Waals surface area contributed by atoms with E-state index in [0.717, 1.165) is 29.3 Å². The summed E-state index contributed by atoms with van der Waals surface area (Å²) in [5.74, 6) is -0.807. The fourth-order valence-electron chi connectivity index (χ4n) is 4.16. The number of carbonyl (C=O) groups is 2. The average Bonchev–Trinajstić information content (AvgIpc) is 3.43. The zero-order valence-corrected chi connectivity index (χ0v) is 17.4. The number of pyridine rings is 1. The number of hydrogen-bond acceptors (Lipinski definition) is 6. The third kappa shape index (κ3) is 3.99. The van der Waals surface area contributed by atoms with Crippen molar-refractivity contribution in [1.29, 1.82) is 0 Å². The predicted molar refractivity (Wildman–Crippen MR) is 108 cm³/mol. The lowest BCUT2D eigenvalue weighted by Gasteiger charge is -2.28. The van der Waals surface area contributed by atoms with E-state index < -0.39 is 22.4 Å². The van der Waals surface area contributed by atoms with Crippen LogP contribution in [0.1, 0.15) is 40.9 Å². The molecule has 1 saturated carbocycles. The van der Waals surface area contributed by atoms with Gasteiger partial charge in [-0.05, 0) is 44.7 Å². The Balaban J connectivity index is 1.49. The minimum absolute atomic E-state index is 0.00397. The minimum atomic E-state index is -3.10. The zero-order chi connectivity index (χ0) is 20.8. The van der Waals surface area contributed by atoms with Gasteiger partial charge in [-0.2, -0.15) is 0 Å². The lowest BCUT2D eigenvalue weighted by atomic mass is 10.0. The van der Waals surface area contributed by atoms with Crippen LogP contribution >= 0.6 is 0 Å². The van der Waals surface area contributed by atoms with E-state index in [0.29, 0.717) is 17.7 Å². The monoisotopic (exact) mass is 416 g/mol. The molecule has 2 fully saturated rings. The molecule has 1 aliphatic heterocycles. The summed E-state index contributed by atoms with van der Waals surface area (Å²) < 4.78 is 29.0. The lowest BCUT2D eigenvalue weighted by molar-refractivity contribution is -0.137. The number of sulfone groups is 1. The van der Waals surface area contributed by atoms with Crippen LogP contribution in [0.5, 0.6) is 0 Å².